The Bertz CT molecular complexity index is 584. The molecular weight excluding hydrogens is 239 g/mol. The van der Waals surface area contributed by atoms with Crippen LogP contribution in [0, 0.1) is 17.1 Å². The second kappa shape index (κ2) is 6.12. The van der Waals surface area contributed by atoms with E-state index in [4.69, 9.17) is 5.26 Å². The lowest BCUT2D eigenvalue weighted by atomic mass is 10.1. The first-order chi connectivity index (χ1) is 9.19. The van der Waals surface area contributed by atoms with Crippen LogP contribution < -0.4 is 0 Å². The molecule has 0 atom stereocenters. The maximum atomic E-state index is 12.8. The first-order valence-corrected chi connectivity index (χ1v) is 6.10. The van der Waals surface area contributed by atoms with Crippen LogP contribution in [0.5, 0.6) is 0 Å². The van der Waals surface area contributed by atoms with Gasteiger partial charge in [-0.3, -0.25) is 4.90 Å². The molecule has 19 heavy (non-hydrogen) atoms. The zero-order chi connectivity index (χ0) is 13.7. The summed E-state index contributed by atoms with van der Waals surface area (Å²) in [6.45, 7) is 1.42. The van der Waals surface area contributed by atoms with Gasteiger partial charge in [-0.05, 0) is 36.4 Å². The summed E-state index contributed by atoms with van der Waals surface area (Å²) in [6.07, 6.45) is 0. The van der Waals surface area contributed by atoms with E-state index in [1.165, 1.54) is 12.1 Å². The van der Waals surface area contributed by atoms with Gasteiger partial charge in [-0.1, -0.05) is 30.3 Å². The molecule has 2 aromatic rings. The molecule has 0 aliphatic heterocycles. The van der Waals surface area contributed by atoms with Crippen molar-refractivity contribution >= 4 is 0 Å². The number of nitriles is 1. The Kier molecular flexibility index (Phi) is 4.27. The molecule has 0 unspecified atom stereocenters. The minimum Gasteiger partial charge on any atom is -0.298 e. The van der Waals surface area contributed by atoms with Crippen LogP contribution in [0.2, 0.25) is 0 Å². The Morgan fingerprint density at radius 3 is 2.42 bits per heavy atom. The molecule has 0 spiro atoms. The SMILES string of the molecule is CN(Cc1ccc(F)cc1)Cc1ccccc1C#N. The lowest BCUT2D eigenvalue weighted by molar-refractivity contribution is 0.318. The third kappa shape index (κ3) is 3.64. The second-order valence-corrected chi connectivity index (χ2v) is 4.57. The van der Waals surface area contributed by atoms with Crippen molar-refractivity contribution in [1.29, 1.82) is 5.26 Å². The fraction of sp³-hybridized carbons (Fsp3) is 0.188. The molecule has 2 rings (SSSR count). The average molecular weight is 254 g/mol. The van der Waals surface area contributed by atoms with E-state index in [0.29, 0.717) is 12.1 Å². The first-order valence-electron chi connectivity index (χ1n) is 6.10. The van der Waals surface area contributed by atoms with Gasteiger partial charge in [0.15, 0.2) is 0 Å². The smallest absolute Gasteiger partial charge is 0.123 e. The van der Waals surface area contributed by atoms with Crippen LogP contribution in [-0.4, -0.2) is 11.9 Å². The van der Waals surface area contributed by atoms with Crippen LogP contribution in [0.3, 0.4) is 0 Å². The fourth-order valence-corrected chi connectivity index (χ4v) is 2.02. The van der Waals surface area contributed by atoms with Gasteiger partial charge in [0.1, 0.15) is 5.82 Å². The summed E-state index contributed by atoms with van der Waals surface area (Å²) in [7, 11) is 1.98. The lowest BCUT2D eigenvalue weighted by Gasteiger charge is -2.17. The van der Waals surface area contributed by atoms with E-state index >= 15 is 0 Å². The van der Waals surface area contributed by atoms with Gasteiger partial charge >= 0.3 is 0 Å². The molecule has 0 N–H and O–H groups in total. The van der Waals surface area contributed by atoms with Gasteiger partial charge in [0, 0.05) is 13.1 Å². The largest absolute Gasteiger partial charge is 0.298 e. The Labute approximate surface area is 112 Å². The van der Waals surface area contributed by atoms with Crippen molar-refractivity contribution in [2.75, 3.05) is 7.05 Å². The van der Waals surface area contributed by atoms with E-state index in [1.807, 2.05) is 31.3 Å². The topological polar surface area (TPSA) is 27.0 Å². The van der Waals surface area contributed by atoms with E-state index in [2.05, 4.69) is 11.0 Å². The molecule has 3 heteroatoms. The molecule has 0 aromatic heterocycles. The van der Waals surface area contributed by atoms with E-state index in [9.17, 15) is 4.39 Å². The Morgan fingerprint density at radius 1 is 1.05 bits per heavy atom. The number of hydrogen-bond acceptors (Lipinski definition) is 2. The Morgan fingerprint density at radius 2 is 1.74 bits per heavy atom. The summed E-state index contributed by atoms with van der Waals surface area (Å²) in [4.78, 5) is 2.10. The van der Waals surface area contributed by atoms with Gasteiger partial charge in [0.05, 0.1) is 11.6 Å². The molecule has 0 aliphatic carbocycles. The lowest BCUT2D eigenvalue weighted by Crippen LogP contribution is -2.17. The van der Waals surface area contributed by atoms with Gasteiger partial charge in [0.2, 0.25) is 0 Å². The van der Waals surface area contributed by atoms with Gasteiger partial charge in [-0.2, -0.15) is 5.26 Å². The normalized spacial score (nSPS) is 10.4. The predicted molar refractivity (Wildman–Crippen MR) is 72.7 cm³/mol. The number of nitrogens with zero attached hydrogens (tertiary/aromatic N) is 2. The van der Waals surface area contributed by atoms with E-state index in [1.54, 1.807) is 12.1 Å². The summed E-state index contributed by atoms with van der Waals surface area (Å²) in [5.41, 5.74) is 2.77. The molecule has 0 fully saturated rings. The number of rotatable bonds is 4. The molecule has 0 saturated carbocycles. The highest BCUT2D eigenvalue weighted by molar-refractivity contribution is 5.37. The second-order valence-electron chi connectivity index (χ2n) is 4.57. The Hall–Kier alpha value is -2.18. The standard InChI is InChI=1S/C16H15FN2/c1-19(11-13-6-8-16(17)9-7-13)12-15-5-3-2-4-14(15)10-18/h2-9H,11-12H2,1H3. The van der Waals surface area contributed by atoms with Gasteiger partial charge in [-0.15, -0.1) is 0 Å². The van der Waals surface area contributed by atoms with Crippen molar-refractivity contribution in [2.45, 2.75) is 13.1 Å². The van der Waals surface area contributed by atoms with Gasteiger partial charge in [-0.25, -0.2) is 4.39 Å². The van der Waals surface area contributed by atoms with Crippen LogP contribution in [0.15, 0.2) is 48.5 Å². The highest BCUT2D eigenvalue weighted by Crippen LogP contribution is 2.12. The zero-order valence-electron chi connectivity index (χ0n) is 10.8. The molecule has 0 heterocycles. The monoisotopic (exact) mass is 254 g/mol. The van der Waals surface area contributed by atoms with Crippen molar-refractivity contribution in [3.8, 4) is 6.07 Å². The summed E-state index contributed by atoms with van der Waals surface area (Å²) >= 11 is 0. The van der Waals surface area contributed by atoms with Crippen LogP contribution in [0.25, 0.3) is 0 Å². The molecular formula is C16H15FN2. The summed E-state index contributed by atoms with van der Waals surface area (Å²) in [5, 5.41) is 9.04. The van der Waals surface area contributed by atoms with Crippen LogP contribution in [0.1, 0.15) is 16.7 Å². The van der Waals surface area contributed by atoms with Crippen molar-refractivity contribution in [3.63, 3.8) is 0 Å². The van der Waals surface area contributed by atoms with E-state index < -0.39 is 0 Å². The van der Waals surface area contributed by atoms with Gasteiger partial charge in [0.25, 0.3) is 0 Å². The molecule has 0 saturated heterocycles. The molecule has 0 aliphatic rings. The number of halogens is 1. The third-order valence-corrected chi connectivity index (χ3v) is 2.94. The first kappa shape index (κ1) is 13.3. The van der Waals surface area contributed by atoms with Crippen molar-refractivity contribution in [2.24, 2.45) is 0 Å². The molecule has 0 amide bonds. The summed E-state index contributed by atoms with van der Waals surface area (Å²) < 4.78 is 12.8. The quantitative estimate of drug-likeness (QED) is 0.836. The van der Waals surface area contributed by atoms with E-state index in [0.717, 1.165) is 17.7 Å². The minimum atomic E-state index is -0.221. The maximum Gasteiger partial charge on any atom is 0.123 e. The summed E-state index contributed by atoms with van der Waals surface area (Å²) in [5.74, 6) is -0.221. The van der Waals surface area contributed by atoms with Crippen molar-refractivity contribution in [1.82, 2.24) is 4.90 Å². The zero-order valence-corrected chi connectivity index (χ0v) is 10.8. The summed E-state index contributed by atoms with van der Waals surface area (Å²) in [6, 6.07) is 16.3. The Balaban J connectivity index is 2.03. The fourth-order valence-electron chi connectivity index (χ4n) is 2.02. The number of hydrogen-bond donors (Lipinski definition) is 0. The molecule has 0 bridgehead atoms. The molecule has 2 nitrogen and oxygen atoms in total. The van der Waals surface area contributed by atoms with Crippen LogP contribution in [0.4, 0.5) is 4.39 Å². The number of benzene rings is 2. The highest BCUT2D eigenvalue weighted by atomic mass is 19.1. The minimum absolute atomic E-state index is 0.221. The predicted octanol–water partition coefficient (Wildman–Crippen LogP) is 3.33. The third-order valence-electron chi connectivity index (χ3n) is 2.94. The average Bonchev–Trinajstić information content (AvgIpc) is 2.42. The molecule has 2 aromatic carbocycles. The van der Waals surface area contributed by atoms with Gasteiger partial charge < -0.3 is 0 Å². The molecule has 0 radical (unpaired) electrons. The van der Waals surface area contributed by atoms with Crippen LogP contribution >= 0.6 is 0 Å². The maximum absolute atomic E-state index is 12.8. The van der Waals surface area contributed by atoms with Crippen LogP contribution in [-0.2, 0) is 13.1 Å². The van der Waals surface area contributed by atoms with E-state index in [-0.39, 0.29) is 5.82 Å². The molecule has 96 valence electrons. The van der Waals surface area contributed by atoms with Crippen molar-refractivity contribution < 1.29 is 4.39 Å². The van der Waals surface area contributed by atoms with Crippen molar-refractivity contribution in [3.05, 3.63) is 71.0 Å². The highest BCUT2D eigenvalue weighted by Gasteiger charge is 2.05.